The van der Waals surface area contributed by atoms with Crippen LogP contribution in [-0.4, -0.2) is 40.2 Å². The van der Waals surface area contributed by atoms with Crippen molar-refractivity contribution in [1.29, 1.82) is 0 Å². The van der Waals surface area contributed by atoms with Crippen molar-refractivity contribution in [2.75, 3.05) is 19.7 Å². The van der Waals surface area contributed by atoms with E-state index in [0.717, 1.165) is 30.8 Å². The van der Waals surface area contributed by atoms with Gasteiger partial charge in [0.25, 0.3) is 0 Å². The van der Waals surface area contributed by atoms with Gasteiger partial charge in [-0.3, -0.25) is 4.90 Å². The first-order valence-corrected chi connectivity index (χ1v) is 8.28. The summed E-state index contributed by atoms with van der Waals surface area (Å²) in [6, 6.07) is 4.82. The molecule has 1 aromatic carbocycles. The summed E-state index contributed by atoms with van der Waals surface area (Å²) in [4.78, 5) is 2.41. The largest absolute Gasteiger partial charge is 0.395 e. The van der Waals surface area contributed by atoms with Crippen LogP contribution >= 0.6 is 11.8 Å². The van der Waals surface area contributed by atoms with Crippen LogP contribution in [0.15, 0.2) is 18.2 Å². The van der Waals surface area contributed by atoms with E-state index in [1.165, 1.54) is 12.1 Å². The number of halogens is 1. The molecular formula is C17H22FNOS. The van der Waals surface area contributed by atoms with E-state index in [9.17, 15) is 4.39 Å². The maximum absolute atomic E-state index is 13.4. The van der Waals surface area contributed by atoms with Crippen LogP contribution < -0.4 is 0 Å². The molecule has 2 rings (SSSR count). The van der Waals surface area contributed by atoms with Gasteiger partial charge in [-0.25, -0.2) is 4.39 Å². The van der Waals surface area contributed by atoms with Crippen molar-refractivity contribution < 1.29 is 9.50 Å². The maximum Gasteiger partial charge on any atom is 0.124 e. The summed E-state index contributed by atoms with van der Waals surface area (Å²) >= 11 is 2.02. The minimum Gasteiger partial charge on any atom is -0.395 e. The fourth-order valence-corrected chi connectivity index (χ4v) is 4.06. The predicted molar refractivity (Wildman–Crippen MR) is 86.8 cm³/mol. The van der Waals surface area contributed by atoms with Gasteiger partial charge in [-0.15, -0.1) is 0 Å². The zero-order chi connectivity index (χ0) is 15.2. The lowest BCUT2D eigenvalue weighted by atomic mass is 10.1. The van der Waals surface area contributed by atoms with Crippen LogP contribution in [0, 0.1) is 17.7 Å². The molecule has 0 aliphatic carbocycles. The Balaban J connectivity index is 2.14. The average Bonchev–Trinajstić information content (AvgIpc) is 2.41. The molecule has 1 aliphatic heterocycles. The van der Waals surface area contributed by atoms with Crippen LogP contribution in [0.3, 0.4) is 0 Å². The number of rotatable bonds is 3. The van der Waals surface area contributed by atoms with Crippen LogP contribution in [0.2, 0.25) is 0 Å². The monoisotopic (exact) mass is 307 g/mol. The molecule has 0 saturated carbocycles. The van der Waals surface area contributed by atoms with E-state index in [2.05, 4.69) is 30.6 Å². The summed E-state index contributed by atoms with van der Waals surface area (Å²) in [5.41, 5.74) is 1.80. The van der Waals surface area contributed by atoms with Gasteiger partial charge < -0.3 is 5.11 Å². The molecule has 2 nitrogen and oxygen atoms in total. The summed E-state index contributed by atoms with van der Waals surface area (Å²) in [5.74, 6) is 5.61. The molecule has 0 radical (unpaired) electrons. The number of hydrogen-bond donors (Lipinski definition) is 1. The van der Waals surface area contributed by atoms with Gasteiger partial charge >= 0.3 is 0 Å². The quantitative estimate of drug-likeness (QED) is 0.869. The minimum atomic E-state index is -0.261. The lowest BCUT2D eigenvalue weighted by molar-refractivity contribution is 0.262. The van der Waals surface area contributed by atoms with Crippen LogP contribution in [0.1, 0.15) is 31.4 Å². The standard InChI is InChI=1S/C17H22FNOS/c1-13-10-19(11-14(2)21-13)12-16-6-7-17(18)9-15(16)5-3-4-8-20/h6-7,9,13-14,20H,4,8,10-12H2,1-2H3. The Morgan fingerprint density at radius 1 is 1.33 bits per heavy atom. The molecule has 2 atom stereocenters. The molecule has 0 amide bonds. The number of thioether (sulfide) groups is 1. The summed E-state index contributed by atoms with van der Waals surface area (Å²) in [6.07, 6.45) is 0.421. The van der Waals surface area contributed by atoms with Crippen molar-refractivity contribution in [3.8, 4) is 11.8 Å². The Bertz CT molecular complexity index is 527. The van der Waals surface area contributed by atoms with E-state index in [1.54, 1.807) is 0 Å². The van der Waals surface area contributed by atoms with Crippen molar-refractivity contribution in [3.63, 3.8) is 0 Å². The molecule has 1 N–H and O–H groups in total. The van der Waals surface area contributed by atoms with Gasteiger partial charge in [0.2, 0.25) is 0 Å². The van der Waals surface area contributed by atoms with Crippen molar-refractivity contribution in [3.05, 3.63) is 35.1 Å². The highest BCUT2D eigenvalue weighted by atomic mass is 32.2. The highest BCUT2D eigenvalue weighted by Gasteiger charge is 2.22. The zero-order valence-corrected chi connectivity index (χ0v) is 13.4. The summed E-state index contributed by atoms with van der Waals surface area (Å²) in [5, 5.41) is 10.0. The molecule has 0 spiro atoms. The van der Waals surface area contributed by atoms with Crippen LogP contribution in [0.4, 0.5) is 4.39 Å². The molecule has 4 heteroatoms. The van der Waals surface area contributed by atoms with Gasteiger partial charge in [-0.05, 0) is 17.7 Å². The van der Waals surface area contributed by atoms with Crippen molar-refractivity contribution >= 4 is 11.8 Å². The predicted octanol–water partition coefficient (Wildman–Crippen LogP) is 2.89. The van der Waals surface area contributed by atoms with Gasteiger partial charge in [0.1, 0.15) is 5.82 Å². The van der Waals surface area contributed by atoms with Gasteiger partial charge in [0.05, 0.1) is 6.61 Å². The van der Waals surface area contributed by atoms with Gasteiger partial charge in [-0.2, -0.15) is 11.8 Å². The molecule has 1 fully saturated rings. The molecular weight excluding hydrogens is 285 g/mol. The second-order valence-electron chi connectivity index (χ2n) is 5.53. The van der Waals surface area contributed by atoms with E-state index < -0.39 is 0 Å². The SMILES string of the molecule is CC1CN(Cc2ccc(F)cc2C#CCCO)CC(C)S1. The van der Waals surface area contributed by atoms with Crippen LogP contribution in [0.25, 0.3) is 0 Å². The second kappa shape index (κ2) is 7.84. The van der Waals surface area contributed by atoms with Crippen molar-refractivity contribution in [2.24, 2.45) is 0 Å². The molecule has 0 aromatic heterocycles. The van der Waals surface area contributed by atoms with Crippen LogP contribution in [-0.2, 0) is 6.54 Å². The van der Waals surface area contributed by atoms with E-state index in [4.69, 9.17) is 5.11 Å². The number of benzene rings is 1. The molecule has 1 aromatic rings. The van der Waals surface area contributed by atoms with Crippen LogP contribution in [0.5, 0.6) is 0 Å². The lowest BCUT2D eigenvalue weighted by Crippen LogP contribution is -2.39. The van der Waals surface area contributed by atoms with Crippen molar-refractivity contribution in [1.82, 2.24) is 4.90 Å². The zero-order valence-electron chi connectivity index (χ0n) is 12.6. The summed E-state index contributed by atoms with van der Waals surface area (Å²) < 4.78 is 13.4. The average molecular weight is 307 g/mol. The van der Waals surface area contributed by atoms with E-state index >= 15 is 0 Å². The summed E-state index contributed by atoms with van der Waals surface area (Å²) in [7, 11) is 0. The number of nitrogens with zero attached hydrogens (tertiary/aromatic N) is 1. The molecule has 2 unspecified atom stereocenters. The first-order chi connectivity index (χ1) is 10.1. The lowest BCUT2D eigenvalue weighted by Gasteiger charge is -2.34. The molecule has 0 bridgehead atoms. The molecule has 114 valence electrons. The highest BCUT2D eigenvalue weighted by Crippen LogP contribution is 2.26. The Hall–Kier alpha value is -1.02. The Kier molecular flexibility index (Phi) is 6.10. The fourth-order valence-electron chi connectivity index (χ4n) is 2.67. The smallest absolute Gasteiger partial charge is 0.124 e. The topological polar surface area (TPSA) is 23.5 Å². The van der Waals surface area contributed by atoms with E-state index in [0.29, 0.717) is 16.9 Å². The number of aliphatic hydroxyl groups is 1. The van der Waals surface area contributed by atoms with Gasteiger partial charge in [-0.1, -0.05) is 31.8 Å². The second-order valence-corrected chi connectivity index (χ2v) is 7.41. The van der Waals surface area contributed by atoms with Gasteiger partial charge in [0, 0.05) is 42.1 Å². The fraction of sp³-hybridized carbons (Fsp3) is 0.529. The Morgan fingerprint density at radius 3 is 2.71 bits per heavy atom. The third-order valence-corrected chi connectivity index (χ3v) is 4.65. The molecule has 1 aliphatic rings. The molecule has 1 saturated heterocycles. The first-order valence-electron chi connectivity index (χ1n) is 7.34. The third kappa shape index (κ3) is 5.03. The highest BCUT2D eigenvalue weighted by molar-refractivity contribution is 8.00. The minimum absolute atomic E-state index is 0.0377. The maximum atomic E-state index is 13.4. The molecule has 21 heavy (non-hydrogen) atoms. The van der Waals surface area contributed by atoms with E-state index in [-0.39, 0.29) is 12.4 Å². The third-order valence-electron chi connectivity index (χ3n) is 3.42. The number of aliphatic hydroxyl groups excluding tert-OH is 1. The Labute approximate surface area is 130 Å². The Morgan fingerprint density at radius 2 is 2.05 bits per heavy atom. The van der Waals surface area contributed by atoms with E-state index in [1.807, 2.05) is 17.8 Å². The van der Waals surface area contributed by atoms with Gasteiger partial charge in [0.15, 0.2) is 0 Å². The number of hydrogen-bond acceptors (Lipinski definition) is 3. The van der Waals surface area contributed by atoms with Crippen molar-refractivity contribution in [2.45, 2.75) is 37.3 Å². The molecule has 1 heterocycles. The summed E-state index contributed by atoms with van der Waals surface area (Å²) in [6.45, 7) is 7.44. The first kappa shape index (κ1) is 16.4. The normalized spacial score (nSPS) is 22.7.